The van der Waals surface area contributed by atoms with Gasteiger partial charge < -0.3 is 9.30 Å². The van der Waals surface area contributed by atoms with E-state index < -0.39 is 0 Å². The smallest absolute Gasteiger partial charge is 0.236 e. The van der Waals surface area contributed by atoms with Crippen molar-refractivity contribution >= 4 is 50.1 Å². The van der Waals surface area contributed by atoms with E-state index in [0.717, 1.165) is 15.2 Å². The Bertz CT molecular complexity index is 944. The standard InChI is InChI=1S/C17H19BrN6O2S2/c1-4-24-15(10(2)26-13-7-5-12(18)6-8-13)21-23-17(24)27-9-14(25)19-16-22-20-11(3)28-16/h5-8,10H,4,9H2,1-3H3,(H,19,22,25). The first kappa shape index (κ1) is 20.7. The molecule has 1 atom stereocenters. The molecule has 28 heavy (non-hydrogen) atoms. The van der Waals surface area contributed by atoms with Crippen molar-refractivity contribution in [1.29, 1.82) is 0 Å². The van der Waals surface area contributed by atoms with Crippen molar-refractivity contribution in [3.8, 4) is 5.75 Å². The molecule has 0 radical (unpaired) electrons. The summed E-state index contributed by atoms with van der Waals surface area (Å²) in [5.41, 5.74) is 0. The second kappa shape index (κ2) is 9.48. The van der Waals surface area contributed by atoms with E-state index in [-0.39, 0.29) is 17.8 Å². The maximum absolute atomic E-state index is 12.1. The third kappa shape index (κ3) is 5.30. The van der Waals surface area contributed by atoms with Gasteiger partial charge in [-0.1, -0.05) is 39.0 Å². The average molecular weight is 483 g/mol. The van der Waals surface area contributed by atoms with Gasteiger partial charge in [-0.2, -0.15) is 0 Å². The lowest BCUT2D eigenvalue weighted by molar-refractivity contribution is -0.113. The number of ether oxygens (including phenoxy) is 1. The van der Waals surface area contributed by atoms with Crippen LogP contribution in [-0.2, 0) is 11.3 Å². The molecule has 0 saturated heterocycles. The Labute approximate surface area is 179 Å². The predicted octanol–water partition coefficient (Wildman–Crippen LogP) is 4.09. The van der Waals surface area contributed by atoms with Gasteiger partial charge in [-0.3, -0.25) is 10.1 Å². The Morgan fingerprint density at radius 3 is 2.68 bits per heavy atom. The van der Waals surface area contributed by atoms with Gasteiger partial charge in [-0.25, -0.2) is 0 Å². The number of carbonyl (C=O) groups excluding carboxylic acids is 1. The lowest BCUT2D eigenvalue weighted by Gasteiger charge is -2.15. The first-order chi connectivity index (χ1) is 13.5. The van der Waals surface area contributed by atoms with E-state index in [1.807, 2.05) is 49.6 Å². The number of amides is 1. The second-order valence-electron chi connectivity index (χ2n) is 5.76. The van der Waals surface area contributed by atoms with Crippen molar-refractivity contribution in [2.24, 2.45) is 0 Å². The number of nitrogens with one attached hydrogen (secondary N) is 1. The van der Waals surface area contributed by atoms with Crippen LogP contribution in [0.4, 0.5) is 5.13 Å². The zero-order valence-electron chi connectivity index (χ0n) is 15.5. The van der Waals surface area contributed by atoms with Crippen LogP contribution in [0.5, 0.6) is 5.75 Å². The number of thioether (sulfide) groups is 1. The Kier molecular flexibility index (Phi) is 7.03. The molecule has 1 N–H and O–H groups in total. The molecule has 2 heterocycles. The highest BCUT2D eigenvalue weighted by Gasteiger charge is 2.19. The largest absolute Gasteiger partial charge is 0.483 e. The number of carbonyl (C=O) groups is 1. The number of nitrogens with zero attached hydrogens (tertiary/aromatic N) is 5. The Morgan fingerprint density at radius 2 is 2.04 bits per heavy atom. The zero-order valence-corrected chi connectivity index (χ0v) is 18.8. The summed E-state index contributed by atoms with van der Waals surface area (Å²) in [4.78, 5) is 12.1. The van der Waals surface area contributed by atoms with Gasteiger partial charge in [0.2, 0.25) is 11.0 Å². The molecule has 0 saturated carbocycles. The highest BCUT2D eigenvalue weighted by Crippen LogP contribution is 2.25. The number of anilines is 1. The molecule has 3 aromatic rings. The molecular formula is C17H19BrN6O2S2. The number of hydrogen-bond acceptors (Lipinski definition) is 8. The third-order valence-corrected chi connectivity index (χ3v) is 5.91. The first-order valence-electron chi connectivity index (χ1n) is 8.54. The molecule has 148 valence electrons. The molecule has 0 aliphatic heterocycles. The normalized spacial score (nSPS) is 12.0. The predicted molar refractivity (Wildman–Crippen MR) is 113 cm³/mol. The summed E-state index contributed by atoms with van der Waals surface area (Å²) in [6.07, 6.45) is -0.277. The summed E-state index contributed by atoms with van der Waals surface area (Å²) in [5, 5.41) is 21.0. The highest BCUT2D eigenvalue weighted by molar-refractivity contribution is 9.10. The number of hydrogen-bond donors (Lipinski definition) is 1. The fraction of sp³-hybridized carbons (Fsp3) is 0.353. The Balaban J connectivity index is 1.62. The van der Waals surface area contributed by atoms with Gasteiger partial charge in [0.25, 0.3) is 0 Å². The van der Waals surface area contributed by atoms with Crippen LogP contribution in [0.3, 0.4) is 0 Å². The van der Waals surface area contributed by atoms with Crippen LogP contribution in [0.25, 0.3) is 0 Å². The minimum absolute atomic E-state index is 0.160. The summed E-state index contributed by atoms with van der Waals surface area (Å²) in [5.74, 6) is 1.52. The minimum atomic E-state index is -0.277. The van der Waals surface area contributed by atoms with Crippen molar-refractivity contribution in [3.05, 3.63) is 39.6 Å². The summed E-state index contributed by atoms with van der Waals surface area (Å²) in [6, 6.07) is 7.63. The van der Waals surface area contributed by atoms with Crippen LogP contribution >= 0.6 is 39.0 Å². The van der Waals surface area contributed by atoms with Gasteiger partial charge in [0, 0.05) is 11.0 Å². The van der Waals surface area contributed by atoms with Crippen molar-refractivity contribution in [1.82, 2.24) is 25.0 Å². The molecular weight excluding hydrogens is 464 g/mol. The van der Waals surface area contributed by atoms with E-state index in [4.69, 9.17) is 4.74 Å². The van der Waals surface area contributed by atoms with Gasteiger partial charge >= 0.3 is 0 Å². The van der Waals surface area contributed by atoms with E-state index in [9.17, 15) is 4.79 Å². The van der Waals surface area contributed by atoms with Gasteiger partial charge in [0.05, 0.1) is 5.75 Å². The van der Waals surface area contributed by atoms with Crippen LogP contribution in [0.2, 0.25) is 0 Å². The van der Waals surface area contributed by atoms with E-state index in [0.29, 0.717) is 22.7 Å². The zero-order chi connectivity index (χ0) is 20.1. The maximum atomic E-state index is 12.1. The van der Waals surface area contributed by atoms with E-state index >= 15 is 0 Å². The van der Waals surface area contributed by atoms with Gasteiger partial charge in [0.1, 0.15) is 10.8 Å². The first-order valence-corrected chi connectivity index (χ1v) is 11.1. The maximum Gasteiger partial charge on any atom is 0.236 e. The molecule has 0 spiro atoms. The van der Waals surface area contributed by atoms with Crippen LogP contribution in [0.1, 0.15) is 30.8 Å². The average Bonchev–Trinajstić information content (AvgIpc) is 3.27. The van der Waals surface area contributed by atoms with Crippen LogP contribution in [0.15, 0.2) is 33.9 Å². The molecule has 0 bridgehead atoms. The molecule has 0 aliphatic carbocycles. The fourth-order valence-corrected chi connectivity index (χ4v) is 4.09. The molecule has 1 amide bonds. The van der Waals surface area contributed by atoms with Crippen molar-refractivity contribution in [3.63, 3.8) is 0 Å². The molecule has 0 aliphatic rings. The number of rotatable bonds is 8. The number of aromatic nitrogens is 5. The van der Waals surface area contributed by atoms with Crippen LogP contribution in [0, 0.1) is 6.92 Å². The van der Waals surface area contributed by atoms with Crippen molar-refractivity contribution in [2.45, 2.75) is 38.6 Å². The fourth-order valence-electron chi connectivity index (χ4n) is 2.41. The number of halogens is 1. The van der Waals surface area contributed by atoms with Gasteiger partial charge in [0.15, 0.2) is 17.1 Å². The van der Waals surface area contributed by atoms with E-state index in [1.54, 1.807) is 0 Å². The SMILES string of the molecule is CCn1c(SCC(=O)Nc2nnc(C)s2)nnc1C(C)Oc1ccc(Br)cc1. The third-order valence-electron chi connectivity index (χ3n) is 3.66. The van der Waals surface area contributed by atoms with Crippen molar-refractivity contribution in [2.75, 3.05) is 11.1 Å². The number of aryl methyl sites for hydroxylation is 1. The Hall–Kier alpha value is -1.98. The summed E-state index contributed by atoms with van der Waals surface area (Å²) in [6.45, 7) is 6.45. The quantitative estimate of drug-likeness (QED) is 0.482. The lowest BCUT2D eigenvalue weighted by atomic mass is 10.3. The van der Waals surface area contributed by atoms with Crippen LogP contribution in [-0.4, -0.2) is 36.6 Å². The molecule has 0 fully saturated rings. The monoisotopic (exact) mass is 482 g/mol. The molecule has 1 unspecified atom stereocenters. The molecule has 8 nitrogen and oxygen atoms in total. The molecule has 1 aromatic carbocycles. The summed E-state index contributed by atoms with van der Waals surface area (Å²) < 4.78 is 8.92. The van der Waals surface area contributed by atoms with E-state index in [1.165, 1.54) is 23.1 Å². The highest BCUT2D eigenvalue weighted by atomic mass is 79.9. The Morgan fingerprint density at radius 1 is 1.29 bits per heavy atom. The lowest BCUT2D eigenvalue weighted by Crippen LogP contribution is -2.15. The minimum Gasteiger partial charge on any atom is -0.483 e. The second-order valence-corrected chi connectivity index (χ2v) is 8.80. The van der Waals surface area contributed by atoms with Gasteiger partial charge in [-0.05, 0) is 45.0 Å². The summed E-state index contributed by atoms with van der Waals surface area (Å²) in [7, 11) is 0. The summed E-state index contributed by atoms with van der Waals surface area (Å²) >= 11 is 6.07. The van der Waals surface area contributed by atoms with Crippen molar-refractivity contribution < 1.29 is 9.53 Å². The number of benzene rings is 1. The molecule has 3 rings (SSSR count). The molecule has 2 aromatic heterocycles. The van der Waals surface area contributed by atoms with Gasteiger partial charge in [-0.15, -0.1) is 20.4 Å². The van der Waals surface area contributed by atoms with Crippen LogP contribution < -0.4 is 10.1 Å². The molecule has 11 heteroatoms. The topological polar surface area (TPSA) is 94.8 Å². The van der Waals surface area contributed by atoms with E-state index in [2.05, 4.69) is 41.6 Å².